The Morgan fingerprint density at radius 2 is 1.67 bits per heavy atom. The molecule has 0 radical (unpaired) electrons. The molecule has 0 unspecified atom stereocenters. The summed E-state index contributed by atoms with van der Waals surface area (Å²) in [4.78, 5) is 0. The summed E-state index contributed by atoms with van der Waals surface area (Å²) in [5.74, 6) is 2.64. The fourth-order valence-electron chi connectivity index (χ4n) is 1.46. The highest BCUT2D eigenvalue weighted by Crippen LogP contribution is 2.12. The van der Waals surface area contributed by atoms with Gasteiger partial charge in [0.15, 0.2) is 0 Å². The number of hydrogen-bond acceptors (Lipinski definition) is 2. The standard InChI is InChI=1S/C15H9F3N2O/c16-15(17,18)9-8-12-4-6-13(7-5-12)14(21)19-20-10-2-1-3-11-20/h1-7,10-11H. The first-order valence-electron chi connectivity index (χ1n) is 5.87. The summed E-state index contributed by atoms with van der Waals surface area (Å²) in [6.07, 6.45) is -1.34. The van der Waals surface area contributed by atoms with Gasteiger partial charge in [-0.15, -0.1) is 0 Å². The Bertz CT molecular complexity index is 696. The van der Waals surface area contributed by atoms with Gasteiger partial charge in [-0.2, -0.15) is 13.2 Å². The minimum absolute atomic E-state index is 0.177. The smallest absolute Gasteiger partial charge is 0.458 e. The van der Waals surface area contributed by atoms with E-state index in [1.807, 2.05) is 5.92 Å². The molecule has 0 aliphatic rings. The summed E-state index contributed by atoms with van der Waals surface area (Å²) < 4.78 is 37.2. The molecule has 0 bridgehead atoms. The summed E-state index contributed by atoms with van der Waals surface area (Å²) in [6, 6.07) is 10.7. The summed E-state index contributed by atoms with van der Waals surface area (Å²) >= 11 is 0. The monoisotopic (exact) mass is 290 g/mol. The van der Waals surface area contributed by atoms with Gasteiger partial charge in [0.2, 0.25) is 12.4 Å². The van der Waals surface area contributed by atoms with Crippen LogP contribution in [0.25, 0.3) is 0 Å². The number of aromatic nitrogens is 1. The van der Waals surface area contributed by atoms with E-state index in [4.69, 9.17) is 0 Å². The fourth-order valence-corrected chi connectivity index (χ4v) is 1.46. The molecule has 0 aliphatic heterocycles. The number of halogens is 3. The summed E-state index contributed by atoms with van der Waals surface area (Å²) in [6.45, 7) is 0. The summed E-state index contributed by atoms with van der Waals surface area (Å²) in [5.41, 5.74) is 0.445. The lowest BCUT2D eigenvalue weighted by atomic mass is 10.1. The van der Waals surface area contributed by atoms with Crippen molar-refractivity contribution in [2.75, 3.05) is 0 Å². The van der Waals surface area contributed by atoms with Gasteiger partial charge in [-0.3, -0.25) is 0 Å². The van der Waals surface area contributed by atoms with Crippen LogP contribution in [0.15, 0.2) is 60.0 Å². The van der Waals surface area contributed by atoms with Crippen LogP contribution in [-0.2, 0) is 0 Å². The van der Waals surface area contributed by atoms with Crippen LogP contribution in [0.5, 0.6) is 0 Å². The first-order valence-corrected chi connectivity index (χ1v) is 5.87. The van der Waals surface area contributed by atoms with Gasteiger partial charge in [0, 0.05) is 23.6 Å². The lowest BCUT2D eigenvalue weighted by Gasteiger charge is -2.06. The average molecular weight is 290 g/mol. The minimum Gasteiger partial charge on any atom is -0.854 e. The van der Waals surface area contributed by atoms with Crippen LogP contribution in [0.3, 0.4) is 0 Å². The molecule has 0 aliphatic carbocycles. The van der Waals surface area contributed by atoms with E-state index in [0.717, 1.165) is 5.92 Å². The van der Waals surface area contributed by atoms with Crippen molar-refractivity contribution >= 4 is 5.90 Å². The highest BCUT2D eigenvalue weighted by atomic mass is 19.4. The highest BCUT2D eigenvalue weighted by molar-refractivity contribution is 5.90. The van der Waals surface area contributed by atoms with Crippen molar-refractivity contribution in [2.45, 2.75) is 6.18 Å². The number of benzene rings is 1. The Kier molecular flexibility index (Phi) is 4.24. The van der Waals surface area contributed by atoms with Crippen molar-refractivity contribution in [1.29, 1.82) is 0 Å². The SMILES string of the molecule is [O-]/C(=N\[n+]1ccccc1)c1ccc(C#CC(F)(F)F)cc1. The van der Waals surface area contributed by atoms with E-state index in [9.17, 15) is 18.3 Å². The number of alkyl halides is 3. The molecule has 0 N–H and O–H groups in total. The van der Waals surface area contributed by atoms with Crippen LogP contribution >= 0.6 is 0 Å². The van der Waals surface area contributed by atoms with Crippen LogP contribution in [-0.4, -0.2) is 12.1 Å². The molecule has 1 aromatic heterocycles. The lowest BCUT2D eigenvalue weighted by Crippen LogP contribution is -2.33. The minimum atomic E-state index is -4.53. The first-order chi connectivity index (χ1) is 9.94. The Morgan fingerprint density at radius 1 is 1.05 bits per heavy atom. The van der Waals surface area contributed by atoms with E-state index in [2.05, 4.69) is 5.10 Å². The molecule has 0 amide bonds. The molecule has 0 saturated heterocycles. The van der Waals surface area contributed by atoms with Gasteiger partial charge in [-0.05, 0) is 22.8 Å². The molecule has 6 heteroatoms. The van der Waals surface area contributed by atoms with Crippen LogP contribution < -0.4 is 9.78 Å². The molecule has 0 spiro atoms. The number of hydrogen-bond donors (Lipinski definition) is 0. The topological polar surface area (TPSA) is 39.3 Å². The van der Waals surface area contributed by atoms with Gasteiger partial charge in [0.1, 0.15) is 0 Å². The Morgan fingerprint density at radius 3 is 2.24 bits per heavy atom. The lowest BCUT2D eigenvalue weighted by molar-refractivity contribution is -0.681. The molecule has 0 saturated carbocycles. The van der Waals surface area contributed by atoms with E-state index < -0.39 is 12.1 Å². The predicted molar refractivity (Wildman–Crippen MR) is 67.9 cm³/mol. The largest absolute Gasteiger partial charge is 0.854 e. The molecular weight excluding hydrogens is 281 g/mol. The second-order valence-corrected chi connectivity index (χ2v) is 3.99. The summed E-state index contributed by atoms with van der Waals surface area (Å²) in [7, 11) is 0. The zero-order valence-corrected chi connectivity index (χ0v) is 10.6. The predicted octanol–water partition coefficient (Wildman–Crippen LogP) is 1.46. The van der Waals surface area contributed by atoms with Gasteiger partial charge in [0.25, 0.3) is 0 Å². The molecule has 21 heavy (non-hydrogen) atoms. The van der Waals surface area contributed by atoms with Gasteiger partial charge in [-0.1, -0.05) is 28.8 Å². The van der Waals surface area contributed by atoms with Crippen LogP contribution in [0, 0.1) is 11.8 Å². The van der Waals surface area contributed by atoms with Gasteiger partial charge in [0.05, 0.1) is 5.90 Å². The van der Waals surface area contributed by atoms with E-state index in [1.54, 1.807) is 30.6 Å². The molecule has 0 atom stereocenters. The molecule has 2 aromatic rings. The number of pyridine rings is 1. The van der Waals surface area contributed by atoms with E-state index >= 15 is 0 Å². The Labute approximate surface area is 119 Å². The Hall–Kier alpha value is -2.81. The van der Waals surface area contributed by atoms with Gasteiger partial charge >= 0.3 is 6.18 Å². The maximum Gasteiger partial charge on any atom is 0.458 e. The fraction of sp³-hybridized carbons (Fsp3) is 0.0667. The molecule has 3 nitrogen and oxygen atoms in total. The van der Waals surface area contributed by atoms with E-state index in [1.165, 1.54) is 28.9 Å². The second-order valence-electron chi connectivity index (χ2n) is 3.99. The normalized spacial score (nSPS) is 11.7. The molecule has 1 heterocycles. The summed E-state index contributed by atoms with van der Waals surface area (Å²) in [5, 5.41) is 15.6. The molecule has 0 fully saturated rings. The third-order valence-electron chi connectivity index (χ3n) is 2.39. The van der Waals surface area contributed by atoms with Gasteiger partial charge in [-0.25, -0.2) is 0 Å². The molecule has 1 aromatic carbocycles. The first kappa shape index (κ1) is 14.6. The highest BCUT2D eigenvalue weighted by Gasteiger charge is 2.22. The maximum atomic E-state index is 11.9. The number of rotatable bonds is 2. The van der Waals surface area contributed by atoms with Crippen molar-refractivity contribution < 1.29 is 23.0 Å². The van der Waals surface area contributed by atoms with Crippen LogP contribution in [0.4, 0.5) is 13.2 Å². The van der Waals surface area contributed by atoms with Crippen LogP contribution in [0.1, 0.15) is 11.1 Å². The zero-order valence-electron chi connectivity index (χ0n) is 10.6. The van der Waals surface area contributed by atoms with E-state index in [-0.39, 0.29) is 11.1 Å². The van der Waals surface area contributed by atoms with Crippen molar-refractivity contribution in [2.24, 2.45) is 5.10 Å². The third-order valence-corrected chi connectivity index (χ3v) is 2.39. The molecule has 106 valence electrons. The van der Waals surface area contributed by atoms with Gasteiger partial charge < -0.3 is 5.11 Å². The molecular formula is C15H9F3N2O. The Balaban J connectivity index is 2.19. The molecule has 2 rings (SSSR count). The number of nitrogens with zero attached hydrogens (tertiary/aromatic N) is 2. The zero-order chi connectivity index (χ0) is 15.3. The van der Waals surface area contributed by atoms with Crippen molar-refractivity contribution in [3.05, 3.63) is 66.0 Å². The van der Waals surface area contributed by atoms with Crippen LogP contribution in [0.2, 0.25) is 0 Å². The van der Waals surface area contributed by atoms with E-state index in [0.29, 0.717) is 0 Å². The average Bonchev–Trinajstić information content (AvgIpc) is 2.46. The quantitative estimate of drug-likeness (QED) is 0.357. The van der Waals surface area contributed by atoms with Crippen molar-refractivity contribution in [3.8, 4) is 11.8 Å². The van der Waals surface area contributed by atoms with Crippen molar-refractivity contribution in [1.82, 2.24) is 0 Å². The van der Waals surface area contributed by atoms with Crippen molar-refractivity contribution in [3.63, 3.8) is 0 Å². The maximum absolute atomic E-state index is 11.9. The second kappa shape index (κ2) is 6.09. The third kappa shape index (κ3) is 4.66.